The van der Waals surface area contributed by atoms with Gasteiger partial charge >= 0.3 is 5.97 Å². The van der Waals surface area contributed by atoms with Crippen molar-refractivity contribution in [3.8, 4) is 0 Å². The molecule has 0 rings (SSSR count). The molecule has 0 aromatic heterocycles. The third-order valence-corrected chi connectivity index (χ3v) is 1.15. The molecule has 0 aromatic carbocycles. The molecule has 0 fully saturated rings. The number of carbonyl (C=O) groups excluding carboxylic acids is 1. The molecule has 0 bridgehead atoms. The predicted octanol–water partition coefficient (Wildman–Crippen LogP) is -0.351. The largest absolute Gasteiger partial charge is 0.434 e. The average Bonchev–Trinajstić information content (AvgIpc) is 1.85. The minimum atomic E-state index is -3.54. The van der Waals surface area contributed by atoms with Crippen LogP contribution in [0.4, 0.5) is 0 Å². The Hall–Kier alpha value is -0.880. The average molecular weight is 180 g/mol. The van der Waals surface area contributed by atoms with Gasteiger partial charge in [0, 0.05) is 6.08 Å². The summed E-state index contributed by atoms with van der Waals surface area (Å²) in [4.78, 5) is 10.3. The Morgan fingerprint density at radius 3 is 2.55 bits per heavy atom. The van der Waals surface area contributed by atoms with Crippen molar-refractivity contribution in [1.29, 1.82) is 0 Å². The highest BCUT2D eigenvalue weighted by molar-refractivity contribution is 7.85. The first-order chi connectivity index (χ1) is 4.95. The molecule has 0 amide bonds. The minimum absolute atomic E-state index is 0.607. The van der Waals surface area contributed by atoms with Crippen LogP contribution in [0.2, 0.25) is 0 Å². The monoisotopic (exact) mass is 180 g/mol. The summed E-state index contributed by atoms with van der Waals surface area (Å²) >= 11 is 0. The fraction of sp³-hybridized carbons (Fsp3) is 0.400. The van der Waals surface area contributed by atoms with Crippen molar-refractivity contribution in [3.05, 3.63) is 12.7 Å². The molecule has 0 atom stereocenters. The minimum Gasteiger partial charge on any atom is -0.434 e. The maximum atomic E-state index is 10.3. The lowest BCUT2D eigenvalue weighted by Gasteiger charge is -1.99. The number of carbonyl (C=O) groups is 1. The summed E-state index contributed by atoms with van der Waals surface area (Å²) in [6.07, 6.45) is 1.76. The van der Waals surface area contributed by atoms with Crippen LogP contribution in [0.5, 0.6) is 0 Å². The number of hydrogen-bond acceptors (Lipinski definition) is 5. The van der Waals surface area contributed by atoms with Crippen LogP contribution in [0.15, 0.2) is 12.7 Å². The maximum absolute atomic E-state index is 10.3. The summed E-state index contributed by atoms with van der Waals surface area (Å²) < 4.78 is 28.8. The van der Waals surface area contributed by atoms with Gasteiger partial charge in [0.2, 0.25) is 6.79 Å². The Labute approximate surface area is 64.7 Å². The molecule has 0 N–H and O–H groups in total. The van der Waals surface area contributed by atoms with E-state index in [4.69, 9.17) is 0 Å². The summed E-state index contributed by atoms with van der Waals surface area (Å²) in [5.74, 6) is -0.728. The second-order valence-electron chi connectivity index (χ2n) is 1.61. The highest BCUT2D eigenvalue weighted by Gasteiger charge is 2.02. The Morgan fingerprint density at radius 1 is 1.64 bits per heavy atom. The van der Waals surface area contributed by atoms with Crippen molar-refractivity contribution >= 4 is 16.1 Å². The summed E-state index contributed by atoms with van der Waals surface area (Å²) in [6.45, 7) is 2.49. The molecular weight excluding hydrogens is 172 g/mol. The number of ether oxygens (including phenoxy) is 1. The van der Waals surface area contributed by atoms with Crippen LogP contribution in [-0.4, -0.2) is 27.4 Å². The van der Waals surface area contributed by atoms with E-state index >= 15 is 0 Å². The van der Waals surface area contributed by atoms with Gasteiger partial charge in [-0.15, -0.1) is 0 Å². The zero-order valence-corrected chi connectivity index (χ0v) is 6.76. The molecule has 0 radical (unpaired) electrons. The second-order valence-corrected chi connectivity index (χ2v) is 3.25. The number of hydrogen-bond donors (Lipinski definition) is 0. The molecule has 11 heavy (non-hydrogen) atoms. The van der Waals surface area contributed by atoms with Gasteiger partial charge in [0.05, 0.1) is 6.26 Å². The van der Waals surface area contributed by atoms with Crippen molar-refractivity contribution in [1.82, 2.24) is 0 Å². The molecule has 0 aliphatic carbocycles. The van der Waals surface area contributed by atoms with Gasteiger partial charge in [0.1, 0.15) is 0 Å². The zero-order chi connectivity index (χ0) is 8.91. The Morgan fingerprint density at radius 2 is 2.18 bits per heavy atom. The third kappa shape index (κ3) is 7.01. The molecule has 0 aliphatic heterocycles. The molecular formula is C5H8O5S. The van der Waals surface area contributed by atoms with Crippen molar-refractivity contribution in [2.75, 3.05) is 13.0 Å². The van der Waals surface area contributed by atoms with Gasteiger partial charge in [-0.25, -0.2) is 8.98 Å². The van der Waals surface area contributed by atoms with E-state index in [1.807, 2.05) is 0 Å². The van der Waals surface area contributed by atoms with Gasteiger partial charge in [-0.1, -0.05) is 6.58 Å². The van der Waals surface area contributed by atoms with Crippen LogP contribution in [-0.2, 0) is 23.8 Å². The summed E-state index contributed by atoms with van der Waals surface area (Å²) in [7, 11) is -3.54. The van der Waals surface area contributed by atoms with Gasteiger partial charge in [0.25, 0.3) is 10.1 Å². The second kappa shape index (κ2) is 4.09. The van der Waals surface area contributed by atoms with Crippen LogP contribution >= 0.6 is 0 Å². The molecule has 6 heteroatoms. The molecule has 0 aromatic rings. The number of rotatable bonds is 4. The number of esters is 1. The van der Waals surface area contributed by atoms with E-state index < -0.39 is 22.9 Å². The fourth-order valence-corrected chi connectivity index (χ4v) is 0.451. The van der Waals surface area contributed by atoms with Crippen molar-refractivity contribution < 1.29 is 22.1 Å². The van der Waals surface area contributed by atoms with E-state index in [1.165, 1.54) is 0 Å². The summed E-state index contributed by atoms with van der Waals surface area (Å²) in [5.41, 5.74) is 0. The Bertz CT molecular complexity index is 240. The molecule has 0 aliphatic rings. The maximum Gasteiger partial charge on any atom is 0.332 e. The molecule has 64 valence electrons. The topological polar surface area (TPSA) is 69.7 Å². The molecule has 0 saturated heterocycles. The molecule has 0 unspecified atom stereocenters. The lowest BCUT2D eigenvalue weighted by molar-refractivity contribution is -0.143. The van der Waals surface area contributed by atoms with Crippen LogP contribution in [0.1, 0.15) is 0 Å². The Balaban J connectivity index is 3.59. The van der Waals surface area contributed by atoms with Crippen LogP contribution in [0, 0.1) is 0 Å². The van der Waals surface area contributed by atoms with Gasteiger partial charge in [-0.05, 0) is 0 Å². The van der Waals surface area contributed by atoms with Gasteiger partial charge < -0.3 is 4.74 Å². The van der Waals surface area contributed by atoms with E-state index in [-0.39, 0.29) is 0 Å². The lowest BCUT2D eigenvalue weighted by Crippen LogP contribution is -2.09. The Kier molecular flexibility index (Phi) is 3.77. The standard InChI is InChI=1S/C5H8O5S/c1-3-5(6)9-4-10-11(2,7)8/h3H,1,4H2,2H3. The van der Waals surface area contributed by atoms with Crippen LogP contribution in [0.25, 0.3) is 0 Å². The predicted molar refractivity (Wildman–Crippen MR) is 37.1 cm³/mol. The SMILES string of the molecule is C=CC(=O)OCOS(C)(=O)=O. The van der Waals surface area contributed by atoms with Crippen molar-refractivity contribution in [2.24, 2.45) is 0 Å². The molecule has 0 spiro atoms. The van der Waals surface area contributed by atoms with Crippen LogP contribution in [0.3, 0.4) is 0 Å². The smallest absolute Gasteiger partial charge is 0.332 e. The summed E-state index contributed by atoms with van der Waals surface area (Å²) in [5, 5.41) is 0. The van der Waals surface area contributed by atoms with Gasteiger partial charge in [0.15, 0.2) is 0 Å². The van der Waals surface area contributed by atoms with E-state index in [9.17, 15) is 13.2 Å². The first-order valence-corrected chi connectivity index (χ1v) is 4.41. The normalized spacial score (nSPS) is 10.6. The quantitative estimate of drug-likeness (QED) is 0.256. The van der Waals surface area contributed by atoms with E-state index in [0.29, 0.717) is 0 Å². The van der Waals surface area contributed by atoms with E-state index in [1.54, 1.807) is 0 Å². The summed E-state index contributed by atoms with van der Waals surface area (Å²) in [6, 6.07) is 0. The molecule has 0 saturated carbocycles. The van der Waals surface area contributed by atoms with E-state index in [0.717, 1.165) is 12.3 Å². The van der Waals surface area contributed by atoms with Crippen molar-refractivity contribution in [2.45, 2.75) is 0 Å². The highest BCUT2D eigenvalue weighted by atomic mass is 32.2. The zero-order valence-electron chi connectivity index (χ0n) is 5.94. The molecule has 5 nitrogen and oxygen atoms in total. The van der Waals surface area contributed by atoms with Crippen molar-refractivity contribution in [3.63, 3.8) is 0 Å². The fourth-order valence-electron chi connectivity index (χ4n) is 0.228. The first kappa shape index (κ1) is 10.1. The van der Waals surface area contributed by atoms with E-state index in [2.05, 4.69) is 15.5 Å². The highest BCUT2D eigenvalue weighted by Crippen LogP contribution is 1.87. The third-order valence-electron chi connectivity index (χ3n) is 0.630. The first-order valence-electron chi connectivity index (χ1n) is 2.59. The van der Waals surface area contributed by atoms with Gasteiger partial charge in [-0.3, -0.25) is 0 Å². The van der Waals surface area contributed by atoms with Crippen LogP contribution < -0.4 is 0 Å². The molecule has 0 heterocycles. The lowest BCUT2D eigenvalue weighted by atomic mass is 10.7. The van der Waals surface area contributed by atoms with Gasteiger partial charge in [-0.2, -0.15) is 8.42 Å².